The predicted molar refractivity (Wildman–Crippen MR) is 224 cm³/mol. The van der Waals surface area contributed by atoms with Gasteiger partial charge in [-0.05, 0) is 76.7 Å². The van der Waals surface area contributed by atoms with E-state index >= 15 is 0 Å². The van der Waals surface area contributed by atoms with Crippen LogP contribution in [-0.4, -0.2) is 69.0 Å². The van der Waals surface area contributed by atoms with Crippen molar-refractivity contribution < 1.29 is 37.3 Å². The van der Waals surface area contributed by atoms with E-state index in [1.807, 2.05) is 27.2 Å². The Balaban J connectivity index is 4.32. The lowest BCUT2D eigenvalue weighted by Crippen LogP contribution is -2.37. The molecule has 0 bridgehead atoms. The van der Waals surface area contributed by atoms with Crippen molar-refractivity contribution in [1.29, 1.82) is 0 Å². The number of ether oxygens (including phenoxy) is 2. The third kappa shape index (κ3) is 41.6. The maximum atomic E-state index is 12.7. The van der Waals surface area contributed by atoms with Crippen LogP contribution in [-0.2, 0) is 27.9 Å². The molecule has 0 rings (SSSR count). The van der Waals surface area contributed by atoms with Crippen molar-refractivity contribution in [1.82, 2.24) is 0 Å². The molecule has 0 amide bonds. The van der Waals surface area contributed by atoms with Gasteiger partial charge >= 0.3 is 13.8 Å². The fourth-order valence-corrected chi connectivity index (χ4v) is 6.54. The molecule has 312 valence electrons. The highest BCUT2D eigenvalue weighted by Gasteiger charge is 2.26. The van der Waals surface area contributed by atoms with Crippen LogP contribution in [0.1, 0.15) is 187 Å². The molecule has 8 nitrogen and oxygen atoms in total. The van der Waals surface area contributed by atoms with Gasteiger partial charge in [-0.3, -0.25) is 13.8 Å². The number of hydrogen-bond acceptors (Lipinski definition) is 6. The van der Waals surface area contributed by atoms with Crippen LogP contribution in [0, 0.1) is 0 Å². The first-order valence-corrected chi connectivity index (χ1v) is 23.3. The molecular weight excluding hydrogens is 685 g/mol. The maximum Gasteiger partial charge on any atom is 0.472 e. The summed E-state index contributed by atoms with van der Waals surface area (Å²) in [6.07, 6.45) is 44.1. The van der Waals surface area contributed by atoms with E-state index in [1.165, 1.54) is 122 Å². The predicted octanol–water partition coefficient (Wildman–Crippen LogP) is 13.0. The highest BCUT2D eigenvalue weighted by molar-refractivity contribution is 7.47. The van der Waals surface area contributed by atoms with Crippen molar-refractivity contribution in [2.45, 2.75) is 193 Å². The lowest BCUT2D eigenvalue weighted by Gasteiger charge is -2.24. The summed E-state index contributed by atoms with van der Waals surface area (Å²) in [5, 5.41) is 0. The lowest BCUT2D eigenvalue weighted by atomic mass is 10.1. The second-order valence-corrected chi connectivity index (χ2v) is 17.2. The Bertz CT molecular complexity index is 947. The summed E-state index contributed by atoms with van der Waals surface area (Å²) < 4.78 is 34.7. The number of phosphoric ester groups is 1. The summed E-state index contributed by atoms with van der Waals surface area (Å²) in [6, 6.07) is 0. The van der Waals surface area contributed by atoms with Gasteiger partial charge in [-0.25, -0.2) is 4.57 Å². The molecule has 9 heteroatoms. The van der Waals surface area contributed by atoms with Gasteiger partial charge in [-0.2, -0.15) is 0 Å². The standard InChI is InChI=1S/C44H84NO7P/c1-6-8-10-12-14-16-18-20-22-24-26-28-30-32-34-36-39-49-41-43(42-51-53(47,48)50-40-38-45(3,4)5)52-44(46)37-35-33-31-29-27-25-23-21-19-17-15-13-11-9-7-2/h16,18,21,23,36,39,43H,6-15,17,19-20,22,24-35,37-38,40-42H2,1-5H3/p+1/b18-16-,23-21-,39-36-/t43-/m1/s1. The SMILES string of the molecule is CCCCCC/C=C\CCCCCCCC/C=C\OC[C@H](COP(=O)(O)OCC[N+](C)(C)C)OC(=O)CCCCCCC/C=C\CCCCCCCC. The van der Waals surface area contributed by atoms with E-state index in [1.54, 1.807) is 6.26 Å². The van der Waals surface area contributed by atoms with E-state index in [9.17, 15) is 14.3 Å². The first-order valence-electron chi connectivity index (χ1n) is 21.8. The van der Waals surface area contributed by atoms with Crippen LogP contribution in [0.4, 0.5) is 0 Å². The molecule has 1 N–H and O–H groups in total. The molecule has 0 aliphatic rings. The number of carbonyl (C=O) groups excluding carboxylic acids is 1. The number of esters is 1. The van der Waals surface area contributed by atoms with E-state index in [-0.39, 0.29) is 25.8 Å². The summed E-state index contributed by atoms with van der Waals surface area (Å²) in [5.41, 5.74) is 0. The van der Waals surface area contributed by atoms with Gasteiger partial charge in [-0.15, -0.1) is 0 Å². The zero-order valence-corrected chi connectivity index (χ0v) is 36.1. The van der Waals surface area contributed by atoms with Gasteiger partial charge in [0.1, 0.15) is 19.8 Å². The molecule has 0 aliphatic heterocycles. The molecule has 0 heterocycles. The Morgan fingerprint density at radius 2 is 1.00 bits per heavy atom. The fourth-order valence-electron chi connectivity index (χ4n) is 5.80. The molecule has 53 heavy (non-hydrogen) atoms. The van der Waals surface area contributed by atoms with Crippen molar-refractivity contribution in [2.24, 2.45) is 0 Å². The number of rotatable bonds is 40. The zero-order valence-electron chi connectivity index (χ0n) is 35.3. The third-order valence-electron chi connectivity index (χ3n) is 9.24. The Hall–Kier alpha value is -1.44. The van der Waals surface area contributed by atoms with E-state index in [2.05, 4.69) is 38.2 Å². The smallest absolute Gasteiger partial charge is 0.472 e. The summed E-state index contributed by atoms with van der Waals surface area (Å²) in [5.74, 6) is -0.346. The molecule has 0 saturated carbocycles. The van der Waals surface area contributed by atoms with Gasteiger partial charge in [0.05, 0.1) is 34.0 Å². The van der Waals surface area contributed by atoms with Gasteiger partial charge in [0.25, 0.3) is 0 Å². The zero-order chi connectivity index (χ0) is 39.1. The van der Waals surface area contributed by atoms with Crippen molar-refractivity contribution in [2.75, 3.05) is 47.5 Å². The van der Waals surface area contributed by atoms with E-state index in [4.69, 9.17) is 18.5 Å². The molecule has 0 fully saturated rings. The van der Waals surface area contributed by atoms with Crippen molar-refractivity contribution in [3.63, 3.8) is 0 Å². The molecule has 0 spiro atoms. The minimum atomic E-state index is -4.29. The highest BCUT2D eigenvalue weighted by Crippen LogP contribution is 2.43. The average Bonchev–Trinajstić information content (AvgIpc) is 3.11. The van der Waals surface area contributed by atoms with Crippen LogP contribution in [0.3, 0.4) is 0 Å². The van der Waals surface area contributed by atoms with Crippen molar-refractivity contribution in [3.05, 3.63) is 36.6 Å². The number of allylic oxidation sites excluding steroid dienone is 5. The molecule has 0 radical (unpaired) electrons. The van der Waals surface area contributed by atoms with Crippen LogP contribution in [0.2, 0.25) is 0 Å². The number of nitrogens with zero attached hydrogens (tertiary/aromatic N) is 1. The minimum Gasteiger partial charge on any atom is -0.498 e. The average molecular weight is 771 g/mol. The van der Waals surface area contributed by atoms with Crippen molar-refractivity contribution >= 4 is 13.8 Å². The normalized spacial score (nSPS) is 14.1. The van der Waals surface area contributed by atoms with Gasteiger partial charge in [0, 0.05) is 6.42 Å². The van der Waals surface area contributed by atoms with Crippen LogP contribution in [0.15, 0.2) is 36.6 Å². The van der Waals surface area contributed by atoms with Gasteiger partial charge in [-0.1, -0.05) is 134 Å². The molecular formula is C44H85NO7P+. The second kappa shape index (κ2) is 37.5. The van der Waals surface area contributed by atoms with Crippen LogP contribution in [0.5, 0.6) is 0 Å². The largest absolute Gasteiger partial charge is 0.498 e. The third-order valence-corrected chi connectivity index (χ3v) is 10.2. The summed E-state index contributed by atoms with van der Waals surface area (Å²) >= 11 is 0. The van der Waals surface area contributed by atoms with E-state index in [0.717, 1.165) is 44.9 Å². The monoisotopic (exact) mass is 771 g/mol. The first-order chi connectivity index (χ1) is 25.6. The van der Waals surface area contributed by atoms with Crippen LogP contribution < -0.4 is 0 Å². The number of unbranched alkanes of at least 4 members (excludes halogenated alkanes) is 22. The highest BCUT2D eigenvalue weighted by atomic mass is 31.2. The van der Waals surface area contributed by atoms with E-state index in [0.29, 0.717) is 17.4 Å². The first kappa shape index (κ1) is 51.6. The number of hydrogen-bond donors (Lipinski definition) is 1. The number of phosphoric acid groups is 1. The summed E-state index contributed by atoms with van der Waals surface area (Å²) in [4.78, 5) is 22.8. The topological polar surface area (TPSA) is 91.3 Å². The Morgan fingerprint density at radius 1 is 0.585 bits per heavy atom. The van der Waals surface area contributed by atoms with Crippen LogP contribution in [0.25, 0.3) is 0 Å². The van der Waals surface area contributed by atoms with Gasteiger partial charge < -0.3 is 18.9 Å². The molecule has 0 aromatic rings. The van der Waals surface area contributed by atoms with E-state index < -0.39 is 13.9 Å². The fraction of sp³-hybridized carbons (Fsp3) is 0.841. The molecule has 0 aromatic carbocycles. The quantitative estimate of drug-likeness (QED) is 0.0166. The summed E-state index contributed by atoms with van der Waals surface area (Å²) in [6.45, 7) is 4.90. The molecule has 2 atom stereocenters. The minimum absolute atomic E-state index is 0.0423. The second-order valence-electron chi connectivity index (χ2n) is 15.8. The van der Waals surface area contributed by atoms with Gasteiger partial charge in [0.15, 0.2) is 6.10 Å². The summed E-state index contributed by atoms with van der Waals surface area (Å²) in [7, 11) is 1.63. The Morgan fingerprint density at radius 3 is 1.47 bits per heavy atom. The number of carbonyl (C=O) groups is 1. The molecule has 0 aromatic heterocycles. The Kier molecular flexibility index (Phi) is 36.5. The maximum absolute atomic E-state index is 12.7. The van der Waals surface area contributed by atoms with Gasteiger partial charge in [0.2, 0.25) is 0 Å². The lowest BCUT2D eigenvalue weighted by molar-refractivity contribution is -0.870. The Labute approximate surface area is 327 Å². The molecule has 1 unspecified atom stereocenters. The number of likely N-dealkylation sites (N-methyl/N-ethyl adjacent to an activating group) is 1. The van der Waals surface area contributed by atoms with Crippen molar-refractivity contribution in [3.8, 4) is 0 Å². The molecule has 0 aliphatic carbocycles. The number of quaternary nitrogens is 1. The van der Waals surface area contributed by atoms with Crippen LogP contribution >= 0.6 is 7.82 Å². The molecule has 0 saturated heterocycles.